The summed E-state index contributed by atoms with van der Waals surface area (Å²) < 4.78 is 12.7. The molecule has 5 nitrogen and oxygen atoms in total. The number of halogens is 1. The summed E-state index contributed by atoms with van der Waals surface area (Å²) in [6, 6.07) is 5.79. The average molecular weight is 282 g/mol. The van der Waals surface area contributed by atoms with Crippen molar-refractivity contribution in [2.45, 2.75) is 26.4 Å². The van der Waals surface area contributed by atoms with Gasteiger partial charge in [-0.15, -0.1) is 0 Å². The Morgan fingerprint density at radius 2 is 1.85 bits per heavy atom. The van der Waals surface area contributed by atoms with Crippen LogP contribution in [-0.4, -0.2) is 41.0 Å². The fourth-order valence-electron chi connectivity index (χ4n) is 1.64. The first-order chi connectivity index (χ1) is 9.38. The number of carbonyl (C=O) groups is 2. The van der Waals surface area contributed by atoms with E-state index in [0.29, 0.717) is 0 Å². The molecule has 0 unspecified atom stereocenters. The summed E-state index contributed by atoms with van der Waals surface area (Å²) in [5, 5.41) is 11.5. The van der Waals surface area contributed by atoms with Crippen LogP contribution in [0.15, 0.2) is 24.3 Å². The van der Waals surface area contributed by atoms with E-state index in [2.05, 4.69) is 5.32 Å². The smallest absolute Gasteiger partial charge is 0.317 e. The minimum absolute atomic E-state index is 0.0190. The quantitative estimate of drug-likeness (QED) is 0.789. The molecule has 0 aliphatic carbocycles. The molecule has 20 heavy (non-hydrogen) atoms. The SMILES string of the molecule is CC(C)N(CC(=O)O)CC(=O)NCc1ccc(F)cc1. The van der Waals surface area contributed by atoms with Gasteiger partial charge in [-0.1, -0.05) is 12.1 Å². The lowest BCUT2D eigenvalue weighted by Crippen LogP contribution is -2.43. The van der Waals surface area contributed by atoms with Gasteiger partial charge in [0.15, 0.2) is 0 Å². The molecule has 1 rings (SSSR count). The third-order valence-corrected chi connectivity index (χ3v) is 2.82. The van der Waals surface area contributed by atoms with E-state index in [9.17, 15) is 14.0 Å². The van der Waals surface area contributed by atoms with Crippen molar-refractivity contribution in [1.29, 1.82) is 0 Å². The van der Waals surface area contributed by atoms with Crippen LogP contribution in [0.4, 0.5) is 4.39 Å². The molecule has 110 valence electrons. The van der Waals surface area contributed by atoms with Gasteiger partial charge < -0.3 is 10.4 Å². The number of nitrogens with one attached hydrogen (secondary N) is 1. The fraction of sp³-hybridized carbons (Fsp3) is 0.429. The predicted octanol–water partition coefficient (Wildman–Crippen LogP) is 1.24. The van der Waals surface area contributed by atoms with Crippen LogP contribution >= 0.6 is 0 Å². The van der Waals surface area contributed by atoms with Gasteiger partial charge in [0.25, 0.3) is 0 Å². The highest BCUT2D eigenvalue weighted by atomic mass is 19.1. The Kier molecular flexibility index (Phi) is 6.11. The molecule has 0 radical (unpaired) electrons. The van der Waals surface area contributed by atoms with E-state index in [1.54, 1.807) is 17.0 Å². The molecule has 0 aliphatic heterocycles. The molecule has 0 bridgehead atoms. The van der Waals surface area contributed by atoms with Crippen LogP contribution < -0.4 is 5.32 Å². The summed E-state index contributed by atoms with van der Waals surface area (Å²) in [5.41, 5.74) is 0.786. The topological polar surface area (TPSA) is 69.6 Å². The number of carboxylic acids is 1. The Morgan fingerprint density at radius 1 is 1.25 bits per heavy atom. The summed E-state index contributed by atoms with van der Waals surface area (Å²) >= 11 is 0. The van der Waals surface area contributed by atoms with Gasteiger partial charge in [-0.05, 0) is 31.5 Å². The normalized spacial score (nSPS) is 10.8. The lowest BCUT2D eigenvalue weighted by molar-refractivity contribution is -0.139. The van der Waals surface area contributed by atoms with Gasteiger partial charge in [-0.3, -0.25) is 14.5 Å². The van der Waals surface area contributed by atoms with Crippen molar-refractivity contribution in [3.8, 4) is 0 Å². The highest BCUT2D eigenvalue weighted by Gasteiger charge is 2.16. The molecule has 6 heteroatoms. The highest BCUT2D eigenvalue weighted by Crippen LogP contribution is 2.02. The minimum Gasteiger partial charge on any atom is -0.480 e. The molecule has 0 aliphatic rings. The fourth-order valence-corrected chi connectivity index (χ4v) is 1.64. The highest BCUT2D eigenvalue weighted by molar-refractivity contribution is 5.79. The maximum atomic E-state index is 12.7. The van der Waals surface area contributed by atoms with E-state index >= 15 is 0 Å². The van der Waals surface area contributed by atoms with E-state index in [-0.39, 0.29) is 37.4 Å². The molecule has 0 atom stereocenters. The van der Waals surface area contributed by atoms with Gasteiger partial charge in [0.1, 0.15) is 5.82 Å². The Bertz CT molecular complexity index is 460. The first-order valence-electron chi connectivity index (χ1n) is 6.35. The first-order valence-corrected chi connectivity index (χ1v) is 6.35. The summed E-state index contributed by atoms with van der Waals surface area (Å²) in [7, 11) is 0. The van der Waals surface area contributed by atoms with Crippen molar-refractivity contribution >= 4 is 11.9 Å². The minimum atomic E-state index is -0.968. The average Bonchev–Trinajstić information content (AvgIpc) is 2.36. The third-order valence-electron chi connectivity index (χ3n) is 2.82. The van der Waals surface area contributed by atoms with Crippen molar-refractivity contribution in [2.24, 2.45) is 0 Å². The molecule has 0 heterocycles. The molecule has 1 aromatic carbocycles. The Balaban J connectivity index is 2.45. The second kappa shape index (κ2) is 7.59. The Labute approximate surface area is 117 Å². The summed E-state index contributed by atoms with van der Waals surface area (Å²) in [6.07, 6.45) is 0. The number of benzene rings is 1. The van der Waals surface area contributed by atoms with Crippen molar-refractivity contribution in [3.05, 3.63) is 35.6 Å². The molecule has 1 aromatic rings. The van der Waals surface area contributed by atoms with E-state index in [0.717, 1.165) is 5.56 Å². The maximum Gasteiger partial charge on any atom is 0.317 e. The lowest BCUT2D eigenvalue weighted by atomic mass is 10.2. The van der Waals surface area contributed by atoms with Crippen molar-refractivity contribution in [2.75, 3.05) is 13.1 Å². The largest absolute Gasteiger partial charge is 0.480 e. The third kappa shape index (κ3) is 5.79. The molecule has 0 aromatic heterocycles. The Morgan fingerprint density at radius 3 is 2.35 bits per heavy atom. The van der Waals surface area contributed by atoms with Crippen LogP contribution in [-0.2, 0) is 16.1 Å². The predicted molar refractivity (Wildman–Crippen MR) is 72.6 cm³/mol. The van der Waals surface area contributed by atoms with Crippen LogP contribution in [0, 0.1) is 5.82 Å². The molecular weight excluding hydrogens is 263 g/mol. The number of carbonyl (C=O) groups excluding carboxylic acids is 1. The van der Waals surface area contributed by atoms with Crippen molar-refractivity contribution in [3.63, 3.8) is 0 Å². The van der Waals surface area contributed by atoms with Gasteiger partial charge in [-0.2, -0.15) is 0 Å². The van der Waals surface area contributed by atoms with E-state index in [1.165, 1.54) is 12.1 Å². The van der Waals surface area contributed by atoms with Crippen LogP contribution in [0.5, 0.6) is 0 Å². The number of rotatable bonds is 7. The number of amides is 1. The van der Waals surface area contributed by atoms with Gasteiger partial charge in [-0.25, -0.2) is 4.39 Å². The molecule has 0 fully saturated rings. The number of hydrogen-bond acceptors (Lipinski definition) is 3. The maximum absolute atomic E-state index is 12.7. The number of nitrogens with zero attached hydrogens (tertiary/aromatic N) is 1. The van der Waals surface area contributed by atoms with Gasteiger partial charge in [0, 0.05) is 12.6 Å². The molecule has 2 N–H and O–H groups in total. The molecule has 0 spiro atoms. The monoisotopic (exact) mass is 282 g/mol. The van der Waals surface area contributed by atoms with Crippen LogP contribution in [0.3, 0.4) is 0 Å². The second-order valence-electron chi connectivity index (χ2n) is 4.80. The van der Waals surface area contributed by atoms with Crippen molar-refractivity contribution in [1.82, 2.24) is 10.2 Å². The second-order valence-corrected chi connectivity index (χ2v) is 4.80. The number of hydrogen-bond donors (Lipinski definition) is 2. The summed E-state index contributed by atoms with van der Waals surface area (Å²) in [5.74, 6) is -1.55. The zero-order chi connectivity index (χ0) is 15.1. The first kappa shape index (κ1) is 16.1. The Hall–Kier alpha value is -1.95. The van der Waals surface area contributed by atoms with Gasteiger partial charge in [0.2, 0.25) is 5.91 Å². The molecule has 0 saturated heterocycles. The molecule has 1 amide bonds. The van der Waals surface area contributed by atoms with Crippen LogP contribution in [0.25, 0.3) is 0 Å². The number of aliphatic carboxylic acids is 1. The van der Waals surface area contributed by atoms with E-state index in [1.807, 2.05) is 13.8 Å². The van der Waals surface area contributed by atoms with E-state index < -0.39 is 5.97 Å². The van der Waals surface area contributed by atoms with Crippen LogP contribution in [0.1, 0.15) is 19.4 Å². The van der Waals surface area contributed by atoms with Gasteiger partial charge in [0.05, 0.1) is 13.1 Å². The number of carboxylic acid groups (broad SMARTS) is 1. The molecular formula is C14H19FN2O3. The lowest BCUT2D eigenvalue weighted by Gasteiger charge is -2.23. The standard InChI is InChI=1S/C14H19FN2O3/c1-10(2)17(9-14(19)20)8-13(18)16-7-11-3-5-12(15)6-4-11/h3-6,10H,7-9H2,1-2H3,(H,16,18)(H,19,20). The van der Waals surface area contributed by atoms with Crippen molar-refractivity contribution < 1.29 is 19.1 Å². The summed E-state index contributed by atoms with van der Waals surface area (Å²) in [6.45, 7) is 3.79. The zero-order valence-electron chi connectivity index (χ0n) is 11.6. The van der Waals surface area contributed by atoms with E-state index in [4.69, 9.17) is 5.11 Å². The zero-order valence-corrected chi connectivity index (χ0v) is 11.6. The molecule has 0 saturated carbocycles. The summed E-state index contributed by atoms with van der Waals surface area (Å²) in [4.78, 5) is 24.0. The van der Waals surface area contributed by atoms with Crippen LogP contribution in [0.2, 0.25) is 0 Å². The van der Waals surface area contributed by atoms with Gasteiger partial charge >= 0.3 is 5.97 Å².